The number of hydrogen-bond acceptors (Lipinski definition) is 15. The summed E-state index contributed by atoms with van der Waals surface area (Å²) in [5, 5.41) is 24.5. The number of H-pyrrole nitrogens is 1. The number of aliphatic hydroxyl groups is 1. The normalized spacial score (nSPS) is 25.5. The van der Waals surface area contributed by atoms with Gasteiger partial charge in [-0.3, -0.25) is 19.8 Å². The van der Waals surface area contributed by atoms with Crippen molar-refractivity contribution in [3.8, 4) is 0 Å². The quantitative estimate of drug-likeness (QED) is 0.0312. The molecule has 4 unspecified atom stereocenters. The average molecular weight is 942 g/mol. The number of ether oxygens (including phenoxy) is 6. The Morgan fingerprint density at radius 2 is 1.61 bits per heavy atom. The lowest BCUT2D eigenvalue weighted by Crippen LogP contribution is -2.56. The van der Waals surface area contributed by atoms with Crippen molar-refractivity contribution in [1.29, 1.82) is 0 Å². The van der Waals surface area contributed by atoms with Crippen molar-refractivity contribution in [1.82, 2.24) is 35.8 Å². The second-order valence-corrected chi connectivity index (χ2v) is 20.5. The highest BCUT2D eigenvalue weighted by Gasteiger charge is 2.62. The minimum Gasteiger partial charge on any atom is -0.463 e. The molecule has 1 saturated carbocycles. The fraction of sp³-hybridized carbons (Fsp3) is 0.727. The first-order valence-corrected chi connectivity index (χ1v) is 22.5. The largest absolute Gasteiger partial charge is 0.463 e. The summed E-state index contributed by atoms with van der Waals surface area (Å²) in [5.41, 5.74) is 7.45. The number of nitrogens with zero attached hydrogens (tertiary/aromatic N) is 7. The standard InChI is InChI=1S/C44H67N11O12/c1-15-22(16-2)28(49-21(3)56)27-25(50-37(51-38(59)65-41(4,5)6)52-39(60)66-42(7,8)9)17-23(32(27)57)36(58)62-19-26-33-34(64-44(13,14)63-33)31(55(26)40(61)67-43(10,11)12)24-18-46-30-29(24)47-20-48-35(30)53-54-45/h18,20,22-23,25-28,31-34,46,57H,15-17,19H2,1-14H3,(H,49,56)(H2,50,51,52,59,60)/t23-,25+,26?,27+,28-,31?,32+,33?,34?/m0/s1. The number of aliphatic imine (C=N–C) groups is 1. The fourth-order valence-corrected chi connectivity index (χ4v) is 9.05. The highest BCUT2D eigenvalue weighted by molar-refractivity contribution is 5.99. The molecule has 23 nitrogen and oxygen atoms in total. The van der Waals surface area contributed by atoms with Crippen LogP contribution >= 0.6 is 0 Å². The van der Waals surface area contributed by atoms with E-state index in [9.17, 15) is 34.6 Å². The van der Waals surface area contributed by atoms with Gasteiger partial charge >= 0.3 is 24.2 Å². The third-order valence-corrected chi connectivity index (χ3v) is 11.4. The van der Waals surface area contributed by atoms with Crippen LogP contribution in [0.15, 0.2) is 22.6 Å². The summed E-state index contributed by atoms with van der Waals surface area (Å²) >= 11 is 0. The molecule has 0 radical (unpaired) electrons. The Hall–Kier alpha value is -5.77. The zero-order chi connectivity index (χ0) is 50.0. The van der Waals surface area contributed by atoms with Gasteiger partial charge in [0.25, 0.3) is 0 Å². The van der Waals surface area contributed by atoms with Crippen molar-refractivity contribution < 1.29 is 57.5 Å². The molecule has 67 heavy (non-hydrogen) atoms. The van der Waals surface area contributed by atoms with Crippen molar-refractivity contribution in [3.63, 3.8) is 0 Å². The van der Waals surface area contributed by atoms with E-state index in [1.165, 1.54) is 18.2 Å². The van der Waals surface area contributed by atoms with Gasteiger partial charge in [0.15, 0.2) is 11.6 Å². The Labute approximate surface area is 389 Å². The van der Waals surface area contributed by atoms with Crippen LogP contribution in [0.5, 0.6) is 0 Å². The number of fused-ring (bicyclic) bond motifs is 2. The van der Waals surface area contributed by atoms with Gasteiger partial charge in [-0.15, -0.1) is 4.99 Å². The Bertz CT molecular complexity index is 2240. The molecule has 3 fully saturated rings. The molecule has 4 heterocycles. The SMILES string of the molecule is CCC(CC)[C@H](NC(C)=O)[C@@H]1[C@H](O)[C@@H](C(=O)OCC2C3OC(C)(C)OC3C(c3c[nH]c4c(N=[N+]=[N-])ncnc34)N2C(=O)OC(C)(C)C)C[C@H]1N/C(=N\C(=O)OC(C)(C)C)NC(=O)OC(C)(C)C. The summed E-state index contributed by atoms with van der Waals surface area (Å²) in [4.78, 5) is 87.8. The number of aromatic amines is 1. The van der Waals surface area contributed by atoms with Crippen LogP contribution in [0, 0.1) is 17.8 Å². The molecule has 0 bridgehead atoms. The molecule has 0 spiro atoms. The van der Waals surface area contributed by atoms with Crippen LogP contribution < -0.4 is 16.0 Å². The molecule has 1 aliphatic carbocycles. The molecule has 5 N–H and O–H groups in total. The number of carbonyl (C=O) groups is 5. The van der Waals surface area contributed by atoms with Gasteiger partial charge in [0.1, 0.15) is 41.9 Å². The lowest BCUT2D eigenvalue weighted by atomic mass is 9.80. The molecule has 2 aliphatic heterocycles. The van der Waals surface area contributed by atoms with Crippen molar-refractivity contribution in [2.24, 2.45) is 27.9 Å². The number of rotatable bonds is 11. The molecule has 5 rings (SSSR count). The van der Waals surface area contributed by atoms with Gasteiger partial charge in [0.05, 0.1) is 35.1 Å². The van der Waals surface area contributed by atoms with E-state index in [2.05, 4.69) is 45.9 Å². The first kappa shape index (κ1) is 52.2. The molecular weight excluding hydrogens is 875 g/mol. The summed E-state index contributed by atoms with van der Waals surface area (Å²) < 4.78 is 35.8. The number of aliphatic hydroxyl groups excluding tert-OH is 1. The zero-order valence-electron chi connectivity index (χ0n) is 40.8. The highest BCUT2D eigenvalue weighted by Crippen LogP contribution is 2.49. The van der Waals surface area contributed by atoms with Crippen LogP contribution in [0.25, 0.3) is 21.5 Å². The first-order valence-electron chi connectivity index (χ1n) is 22.5. The molecule has 2 aromatic rings. The van der Waals surface area contributed by atoms with Gasteiger partial charge in [0.2, 0.25) is 11.9 Å². The predicted molar refractivity (Wildman–Crippen MR) is 241 cm³/mol. The summed E-state index contributed by atoms with van der Waals surface area (Å²) in [5.74, 6) is -5.09. The Morgan fingerprint density at radius 1 is 0.985 bits per heavy atom. The number of nitrogens with one attached hydrogen (secondary N) is 4. The van der Waals surface area contributed by atoms with Gasteiger partial charge in [-0.2, -0.15) is 0 Å². The molecule has 3 aliphatic rings. The van der Waals surface area contributed by atoms with E-state index in [1.54, 1.807) is 82.4 Å². The number of guanidine groups is 1. The smallest absolute Gasteiger partial charge is 0.437 e. The number of carbonyl (C=O) groups excluding carboxylic acids is 5. The van der Waals surface area contributed by atoms with Gasteiger partial charge in [-0.05, 0) is 99.1 Å². The van der Waals surface area contributed by atoms with Crippen molar-refractivity contribution in [3.05, 3.63) is 28.5 Å². The number of esters is 1. The lowest BCUT2D eigenvalue weighted by molar-refractivity contribution is -0.173. The van der Waals surface area contributed by atoms with Gasteiger partial charge in [-0.1, -0.05) is 26.7 Å². The van der Waals surface area contributed by atoms with Crippen LogP contribution in [0.3, 0.4) is 0 Å². The first-order chi connectivity index (χ1) is 31.1. The van der Waals surface area contributed by atoms with E-state index < -0.39 is 108 Å². The van der Waals surface area contributed by atoms with Crippen molar-refractivity contribution >= 4 is 53.0 Å². The third-order valence-electron chi connectivity index (χ3n) is 11.4. The number of amides is 4. The van der Waals surface area contributed by atoms with Crippen LogP contribution in [0.1, 0.15) is 128 Å². The second-order valence-electron chi connectivity index (χ2n) is 20.5. The van der Waals surface area contributed by atoms with Crippen LogP contribution in [0.4, 0.5) is 20.2 Å². The minimum absolute atomic E-state index is 0.0292. The molecular formula is C44H67N11O12. The Balaban J connectivity index is 1.53. The number of aromatic nitrogens is 3. The number of likely N-dealkylation sites (tertiary alicyclic amines) is 1. The van der Waals surface area contributed by atoms with Gasteiger partial charge in [-0.25, -0.2) is 24.4 Å². The van der Waals surface area contributed by atoms with E-state index in [-0.39, 0.29) is 30.0 Å². The van der Waals surface area contributed by atoms with Gasteiger partial charge in [0, 0.05) is 41.6 Å². The summed E-state index contributed by atoms with van der Waals surface area (Å²) in [6.45, 7) is 23.2. The zero-order valence-corrected chi connectivity index (χ0v) is 40.8. The van der Waals surface area contributed by atoms with E-state index in [1.807, 2.05) is 13.8 Å². The highest BCUT2D eigenvalue weighted by atomic mass is 16.8. The average Bonchev–Trinajstić information content (AvgIpc) is 3.90. The molecule has 2 aromatic heterocycles. The second kappa shape index (κ2) is 20.2. The predicted octanol–water partition coefficient (Wildman–Crippen LogP) is 6.34. The fourth-order valence-electron chi connectivity index (χ4n) is 9.05. The Kier molecular flexibility index (Phi) is 15.8. The lowest BCUT2D eigenvalue weighted by Gasteiger charge is -2.37. The van der Waals surface area contributed by atoms with Crippen molar-refractivity contribution in [2.45, 2.75) is 181 Å². The topological polar surface area (TPSA) is 303 Å². The number of azide groups is 1. The van der Waals surface area contributed by atoms with Crippen molar-refractivity contribution in [2.75, 3.05) is 6.61 Å². The maximum Gasteiger partial charge on any atom is 0.437 e. The Morgan fingerprint density at radius 3 is 2.19 bits per heavy atom. The van der Waals surface area contributed by atoms with E-state index in [4.69, 9.17) is 28.4 Å². The van der Waals surface area contributed by atoms with Crippen LogP contribution in [-0.4, -0.2) is 127 Å². The monoisotopic (exact) mass is 941 g/mol. The molecule has 23 heteroatoms. The maximum atomic E-state index is 14.6. The van der Waals surface area contributed by atoms with Crippen LogP contribution in [0.2, 0.25) is 0 Å². The molecule has 9 atom stereocenters. The molecule has 4 amide bonds. The summed E-state index contributed by atoms with van der Waals surface area (Å²) in [6, 6.07) is -3.61. The molecule has 0 aromatic carbocycles. The molecule has 370 valence electrons. The maximum absolute atomic E-state index is 14.6. The number of hydrogen-bond donors (Lipinski definition) is 5. The van der Waals surface area contributed by atoms with E-state index in [0.717, 1.165) is 0 Å². The third kappa shape index (κ3) is 12.8. The molecule has 2 saturated heterocycles. The summed E-state index contributed by atoms with van der Waals surface area (Å²) in [7, 11) is 0. The van der Waals surface area contributed by atoms with E-state index in [0.29, 0.717) is 29.4 Å². The van der Waals surface area contributed by atoms with Crippen LogP contribution in [-0.2, 0) is 38.0 Å². The van der Waals surface area contributed by atoms with Gasteiger partial charge < -0.3 is 49.1 Å². The summed E-state index contributed by atoms with van der Waals surface area (Å²) in [6.07, 6.45) is -2.10. The minimum atomic E-state index is -1.46. The van der Waals surface area contributed by atoms with E-state index >= 15 is 0 Å². The number of alkyl carbamates (subject to hydrolysis) is 1.